The molecule has 0 bridgehead atoms. The molecule has 1 atom stereocenters. The van der Waals surface area contributed by atoms with Crippen LogP contribution in [-0.4, -0.2) is 22.8 Å². The van der Waals surface area contributed by atoms with Crippen molar-refractivity contribution in [3.8, 4) is 0 Å². The molecule has 0 aliphatic carbocycles. The number of pyridine rings is 1. The van der Waals surface area contributed by atoms with Gasteiger partial charge in [0.05, 0.1) is 0 Å². The van der Waals surface area contributed by atoms with Crippen LogP contribution >= 0.6 is 11.6 Å². The van der Waals surface area contributed by atoms with Crippen molar-refractivity contribution in [2.24, 2.45) is 5.73 Å². The Balaban J connectivity index is 1.83. The molecule has 5 nitrogen and oxygen atoms in total. The van der Waals surface area contributed by atoms with Gasteiger partial charge < -0.3 is 11.1 Å². The first kappa shape index (κ1) is 16.9. The number of nitrogens with one attached hydrogen (secondary N) is 1. The van der Waals surface area contributed by atoms with Crippen molar-refractivity contribution in [3.05, 3.63) is 77.1 Å². The minimum absolute atomic E-state index is 0.246. The quantitative estimate of drug-likeness (QED) is 0.691. The van der Waals surface area contributed by atoms with Crippen molar-refractivity contribution < 1.29 is 9.59 Å². The van der Waals surface area contributed by atoms with Gasteiger partial charge in [-0.2, -0.15) is 0 Å². The molecule has 0 saturated carbocycles. The van der Waals surface area contributed by atoms with E-state index in [-0.39, 0.29) is 12.3 Å². The Morgan fingerprint density at radius 3 is 2.56 bits per heavy atom. The SMILES string of the molecule is NC(=O)[C@@H](Cc1ccc(Cl)nc1)NC(=O)c1cccc2ccccc12. The van der Waals surface area contributed by atoms with E-state index in [4.69, 9.17) is 17.3 Å². The number of nitrogens with two attached hydrogens (primary N) is 1. The molecule has 0 aliphatic heterocycles. The van der Waals surface area contributed by atoms with Gasteiger partial charge in [0, 0.05) is 18.2 Å². The van der Waals surface area contributed by atoms with Crippen LogP contribution in [0, 0.1) is 0 Å². The third-order valence-electron chi connectivity index (χ3n) is 3.91. The number of hydrogen-bond acceptors (Lipinski definition) is 3. The topological polar surface area (TPSA) is 85.1 Å². The number of hydrogen-bond donors (Lipinski definition) is 2. The fraction of sp³-hybridized carbons (Fsp3) is 0.105. The van der Waals surface area contributed by atoms with Crippen molar-refractivity contribution in [1.29, 1.82) is 0 Å². The molecule has 3 rings (SSSR count). The molecule has 126 valence electrons. The fourth-order valence-electron chi connectivity index (χ4n) is 2.65. The summed E-state index contributed by atoms with van der Waals surface area (Å²) in [4.78, 5) is 28.4. The van der Waals surface area contributed by atoms with Crippen molar-refractivity contribution in [2.45, 2.75) is 12.5 Å². The van der Waals surface area contributed by atoms with Gasteiger partial charge in [0.15, 0.2) is 0 Å². The summed E-state index contributed by atoms with van der Waals surface area (Å²) < 4.78 is 0. The number of nitrogens with zero attached hydrogens (tertiary/aromatic N) is 1. The lowest BCUT2D eigenvalue weighted by atomic mass is 10.0. The normalized spacial score (nSPS) is 11.9. The third kappa shape index (κ3) is 3.95. The zero-order chi connectivity index (χ0) is 17.8. The highest BCUT2D eigenvalue weighted by Crippen LogP contribution is 2.18. The van der Waals surface area contributed by atoms with Gasteiger partial charge >= 0.3 is 0 Å². The molecule has 3 aromatic rings. The Hall–Kier alpha value is -2.92. The van der Waals surface area contributed by atoms with Crippen molar-refractivity contribution in [3.63, 3.8) is 0 Å². The van der Waals surface area contributed by atoms with E-state index in [9.17, 15) is 9.59 Å². The summed E-state index contributed by atoms with van der Waals surface area (Å²) in [5, 5.41) is 4.84. The molecule has 0 unspecified atom stereocenters. The van der Waals surface area contributed by atoms with Crippen LogP contribution in [0.5, 0.6) is 0 Å². The standard InChI is InChI=1S/C19H16ClN3O2/c20-17-9-8-12(11-22-17)10-16(18(21)24)23-19(25)15-7-3-5-13-4-1-2-6-14(13)15/h1-9,11,16H,10H2,(H2,21,24)(H,23,25)/t16-/m1/s1. The van der Waals surface area contributed by atoms with Gasteiger partial charge in [-0.1, -0.05) is 54.1 Å². The van der Waals surface area contributed by atoms with E-state index < -0.39 is 11.9 Å². The van der Waals surface area contributed by atoms with E-state index in [2.05, 4.69) is 10.3 Å². The first-order chi connectivity index (χ1) is 12.0. The number of carbonyl (C=O) groups is 2. The predicted molar refractivity (Wildman–Crippen MR) is 97.3 cm³/mol. The molecule has 6 heteroatoms. The van der Waals surface area contributed by atoms with Gasteiger partial charge in [-0.05, 0) is 28.5 Å². The van der Waals surface area contributed by atoms with E-state index in [0.717, 1.165) is 16.3 Å². The monoisotopic (exact) mass is 353 g/mol. The Bertz CT molecular complexity index is 920. The summed E-state index contributed by atoms with van der Waals surface area (Å²) >= 11 is 5.76. The van der Waals surface area contributed by atoms with E-state index in [1.165, 1.54) is 0 Å². The Morgan fingerprint density at radius 2 is 1.84 bits per heavy atom. The average Bonchev–Trinajstić information content (AvgIpc) is 2.62. The van der Waals surface area contributed by atoms with Crippen molar-refractivity contribution in [2.75, 3.05) is 0 Å². The summed E-state index contributed by atoms with van der Waals surface area (Å²) in [6.45, 7) is 0. The van der Waals surface area contributed by atoms with Crippen LogP contribution in [0.2, 0.25) is 5.15 Å². The molecule has 25 heavy (non-hydrogen) atoms. The Labute approximate surface area is 149 Å². The minimum atomic E-state index is -0.838. The maximum atomic E-state index is 12.7. The summed E-state index contributed by atoms with van der Waals surface area (Å²) in [6.07, 6.45) is 1.80. The summed E-state index contributed by atoms with van der Waals surface area (Å²) in [5.74, 6) is -0.953. The maximum Gasteiger partial charge on any atom is 0.252 e. The lowest BCUT2D eigenvalue weighted by Gasteiger charge is -2.16. The molecule has 0 radical (unpaired) electrons. The number of amides is 2. The van der Waals surface area contributed by atoms with E-state index in [0.29, 0.717) is 10.7 Å². The molecule has 3 N–H and O–H groups in total. The summed E-state index contributed by atoms with van der Waals surface area (Å²) in [7, 11) is 0. The molecule has 1 aromatic heterocycles. The maximum absolute atomic E-state index is 12.7. The number of rotatable bonds is 5. The summed E-state index contributed by atoms with van der Waals surface area (Å²) in [6, 6.07) is 15.6. The van der Waals surface area contributed by atoms with Crippen LogP contribution in [0.15, 0.2) is 60.8 Å². The number of aromatic nitrogens is 1. The molecule has 0 spiro atoms. The summed E-state index contributed by atoms with van der Waals surface area (Å²) in [5.41, 5.74) is 6.71. The zero-order valence-corrected chi connectivity index (χ0v) is 14.0. The highest BCUT2D eigenvalue weighted by atomic mass is 35.5. The first-order valence-electron chi connectivity index (χ1n) is 7.73. The number of benzene rings is 2. The van der Waals surface area contributed by atoms with Gasteiger partial charge in [-0.3, -0.25) is 9.59 Å². The van der Waals surface area contributed by atoms with E-state index in [1.54, 1.807) is 30.5 Å². The highest BCUT2D eigenvalue weighted by Gasteiger charge is 2.20. The molecule has 1 heterocycles. The van der Waals surface area contributed by atoms with E-state index >= 15 is 0 Å². The smallest absolute Gasteiger partial charge is 0.252 e. The largest absolute Gasteiger partial charge is 0.368 e. The number of carbonyl (C=O) groups excluding carboxylic acids is 2. The molecule has 0 fully saturated rings. The average molecular weight is 354 g/mol. The van der Waals surface area contributed by atoms with Gasteiger partial charge in [0.1, 0.15) is 11.2 Å². The molecule has 0 saturated heterocycles. The number of fused-ring (bicyclic) bond motifs is 1. The Kier molecular flexibility index (Phi) is 4.95. The van der Waals surface area contributed by atoms with Crippen LogP contribution < -0.4 is 11.1 Å². The zero-order valence-electron chi connectivity index (χ0n) is 13.3. The third-order valence-corrected chi connectivity index (χ3v) is 4.14. The lowest BCUT2D eigenvalue weighted by molar-refractivity contribution is -0.119. The first-order valence-corrected chi connectivity index (χ1v) is 8.11. The van der Waals surface area contributed by atoms with Crippen LogP contribution in [0.3, 0.4) is 0 Å². The second-order valence-electron chi connectivity index (χ2n) is 5.65. The molecule has 2 aromatic carbocycles. The van der Waals surface area contributed by atoms with Crippen LogP contribution in [0.1, 0.15) is 15.9 Å². The van der Waals surface area contributed by atoms with Crippen LogP contribution in [0.4, 0.5) is 0 Å². The molecule has 0 aliphatic rings. The molecular weight excluding hydrogens is 338 g/mol. The van der Waals surface area contributed by atoms with E-state index in [1.807, 2.05) is 30.3 Å². The van der Waals surface area contributed by atoms with Crippen molar-refractivity contribution >= 4 is 34.2 Å². The van der Waals surface area contributed by atoms with Gasteiger partial charge in [0.2, 0.25) is 5.91 Å². The lowest BCUT2D eigenvalue weighted by Crippen LogP contribution is -2.45. The number of halogens is 1. The Morgan fingerprint density at radius 1 is 1.08 bits per heavy atom. The second kappa shape index (κ2) is 7.32. The van der Waals surface area contributed by atoms with Crippen molar-refractivity contribution in [1.82, 2.24) is 10.3 Å². The minimum Gasteiger partial charge on any atom is -0.368 e. The van der Waals surface area contributed by atoms with Crippen LogP contribution in [0.25, 0.3) is 10.8 Å². The molecule has 2 amide bonds. The predicted octanol–water partition coefficient (Wildman–Crippen LogP) is 2.71. The number of primary amides is 1. The van der Waals surface area contributed by atoms with Crippen LogP contribution in [-0.2, 0) is 11.2 Å². The van der Waals surface area contributed by atoms with Gasteiger partial charge in [-0.25, -0.2) is 4.98 Å². The fourth-order valence-corrected chi connectivity index (χ4v) is 2.76. The van der Waals surface area contributed by atoms with Gasteiger partial charge in [-0.15, -0.1) is 0 Å². The second-order valence-corrected chi connectivity index (χ2v) is 6.04. The van der Waals surface area contributed by atoms with Gasteiger partial charge in [0.25, 0.3) is 5.91 Å². The highest BCUT2D eigenvalue weighted by molar-refractivity contribution is 6.29. The molecular formula is C19H16ClN3O2.